The number of piperidine rings is 1. The standard InChI is InChI=1S/C20H27N3O3S/c1-2-26-14-6-5-10-22(12-14)17(24)9-11-23-13-21-19-18(20(23)25)15-7-3-4-8-16(15)27-19/h13-14H,2-12H2,1H3. The number of hydrogen-bond acceptors (Lipinski definition) is 5. The van der Waals surface area contributed by atoms with Crippen LogP contribution in [0.15, 0.2) is 11.1 Å². The third-order valence-electron chi connectivity index (χ3n) is 5.64. The summed E-state index contributed by atoms with van der Waals surface area (Å²) >= 11 is 1.66. The maximum absolute atomic E-state index is 13.0. The Morgan fingerprint density at radius 3 is 3.04 bits per heavy atom. The summed E-state index contributed by atoms with van der Waals surface area (Å²) in [4.78, 5) is 34.2. The second-order valence-electron chi connectivity index (χ2n) is 7.44. The number of carbonyl (C=O) groups is 1. The van der Waals surface area contributed by atoms with E-state index in [1.807, 2.05) is 11.8 Å². The van der Waals surface area contributed by atoms with E-state index in [0.717, 1.165) is 48.9 Å². The maximum Gasteiger partial charge on any atom is 0.262 e. The lowest BCUT2D eigenvalue weighted by Crippen LogP contribution is -2.43. The van der Waals surface area contributed by atoms with Gasteiger partial charge in [0.05, 0.1) is 17.8 Å². The zero-order valence-electron chi connectivity index (χ0n) is 15.9. The van der Waals surface area contributed by atoms with Crippen molar-refractivity contribution in [3.8, 4) is 0 Å². The van der Waals surface area contributed by atoms with E-state index in [9.17, 15) is 9.59 Å². The van der Waals surface area contributed by atoms with Crippen LogP contribution in [0.4, 0.5) is 0 Å². The van der Waals surface area contributed by atoms with Crippen molar-refractivity contribution >= 4 is 27.5 Å². The van der Waals surface area contributed by atoms with E-state index in [1.165, 1.54) is 16.9 Å². The second-order valence-corrected chi connectivity index (χ2v) is 8.53. The molecule has 1 unspecified atom stereocenters. The number of ether oxygens (including phenoxy) is 1. The van der Waals surface area contributed by atoms with Crippen molar-refractivity contribution in [3.63, 3.8) is 0 Å². The molecule has 146 valence electrons. The number of likely N-dealkylation sites (tertiary alicyclic amines) is 1. The zero-order chi connectivity index (χ0) is 18.8. The minimum Gasteiger partial charge on any atom is -0.377 e. The fourth-order valence-electron chi connectivity index (χ4n) is 4.25. The van der Waals surface area contributed by atoms with E-state index in [0.29, 0.717) is 26.1 Å². The normalized spacial score (nSPS) is 20.0. The third kappa shape index (κ3) is 3.80. The molecule has 0 radical (unpaired) electrons. The van der Waals surface area contributed by atoms with E-state index in [-0.39, 0.29) is 17.6 Å². The number of aryl methyl sites for hydroxylation is 3. The predicted molar refractivity (Wildman–Crippen MR) is 106 cm³/mol. The Bertz CT molecular complexity index is 886. The van der Waals surface area contributed by atoms with Crippen LogP contribution in [0.3, 0.4) is 0 Å². The molecule has 6 nitrogen and oxygen atoms in total. The molecular formula is C20H27N3O3S. The van der Waals surface area contributed by atoms with Gasteiger partial charge in [-0.2, -0.15) is 0 Å². The molecule has 0 N–H and O–H groups in total. The molecule has 0 saturated carbocycles. The number of aromatic nitrogens is 2. The van der Waals surface area contributed by atoms with Gasteiger partial charge in [0.2, 0.25) is 5.91 Å². The fraction of sp³-hybridized carbons (Fsp3) is 0.650. The Labute approximate surface area is 163 Å². The summed E-state index contributed by atoms with van der Waals surface area (Å²) in [6.07, 6.45) is 8.45. The molecule has 27 heavy (non-hydrogen) atoms. The Hall–Kier alpha value is -1.73. The minimum atomic E-state index is 0.0121. The third-order valence-corrected chi connectivity index (χ3v) is 6.84. The molecule has 1 aliphatic carbocycles. The largest absolute Gasteiger partial charge is 0.377 e. The highest BCUT2D eigenvalue weighted by Crippen LogP contribution is 2.33. The van der Waals surface area contributed by atoms with Gasteiger partial charge in [-0.05, 0) is 51.0 Å². The molecule has 1 aliphatic heterocycles. The van der Waals surface area contributed by atoms with Gasteiger partial charge in [-0.3, -0.25) is 14.2 Å². The molecule has 0 spiro atoms. The Morgan fingerprint density at radius 2 is 2.19 bits per heavy atom. The summed E-state index contributed by atoms with van der Waals surface area (Å²) in [5.41, 5.74) is 1.22. The predicted octanol–water partition coefficient (Wildman–Crippen LogP) is 2.75. The Balaban J connectivity index is 1.46. The molecule has 1 atom stereocenters. The number of fused-ring (bicyclic) bond motifs is 3. The first kappa shape index (κ1) is 18.6. The minimum absolute atomic E-state index is 0.0121. The maximum atomic E-state index is 13.0. The van der Waals surface area contributed by atoms with E-state index in [2.05, 4.69) is 4.98 Å². The van der Waals surface area contributed by atoms with Crippen LogP contribution in [-0.4, -0.2) is 46.2 Å². The lowest BCUT2D eigenvalue weighted by Gasteiger charge is -2.32. The van der Waals surface area contributed by atoms with E-state index in [4.69, 9.17) is 4.74 Å². The molecule has 2 aliphatic rings. The summed E-state index contributed by atoms with van der Waals surface area (Å²) in [5, 5.41) is 0.791. The number of hydrogen-bond donors (Lipinski definition) is 0. The van der Waals surface area contributed by atoms with Gasteiger partial charge in [-0.15, -0.1) is 11.3 Å². The number of amides is 1. The van der Waals surface area contributed by atoms with E-state index >= 15 is 0 Å². The molecular weight excluding hydrogens is 362 g/mol. The summed E-state index contributed by atoms with van der Waals surface area (Å²) in [5.74, 6) is 0.0961. The lowest BCUT2D eigenvalue weighted by molar-refractivity contribution is -0.135. The van der Waals surface area contributed by atoms with Gasteiger partial charge < -0.3 is 9.64 Å². The van der Waals surface area contributed by atoms with Gasteiger partial charge in [0, 0.05) is 37.5 Å². The van der Waals surface area contributed by atoms with E-state index < -0.39 is 0 Å². The number of rotatable bonds is 5. The van der Waals surface area contributed by atoms with Crippen molar-refractivity contribution in [1.82, 2.24) is 14.5 Å². The van der Waals surface area contributed by atoms with Gasteiger partial charge >= 0.3 is 0 Å². The summed E-state index contributed by atoms with van der Waals surface area (Å²) < 4.78 is 7.30. The van der Waals surface area contributed by atoms with Crippen LogP contribution >= 0.6 is 11.3 Å². The molecule has 2 aromatic rings. The summed E-state index contributed by atoms with van der Waals surface area (Å²) in [7, 11) is 0. The quantitative estimate of drug-likeness (QED) is 0.789. The Kier molecular flexibility index (Phi) is 5.59. The highest BCUT2D eigenvalue weighted by molar-refractivity contribution is 7.18. The van der Waals surface area contributed by atoms with Crippen LogP contribution in [0.5, 0.6) is 0 Å². The highest BCUT2D eigenvalue weighted by Gasteiger charge is 2.24. The van der Waals surface area contributed by atoms with Gasteiger partial charge in [-0.25, -0.2) is 4.98 Å². The molecule has 2 aromatic heterocycles. The van der Waals surface area contributed by atoms with Crippen molar-refractivity contribution in [2.75, 3.05) is 19.7 Å². The fourth-order valence-corrected chi connectivity index (χ4v) is 5.47. The van der Waals surface area contributed by atoms with Crippen molar-refractivity contribution < 1.29 is 9.53 Å². The topological polar surface area (TPSA) is 64.4 Å². The molecule has 0 bridgehead atoms. The average Bonchev–Trinajstić information content (AvgIpc) is 3.07. The number of carbonyl (C=O) groups excluding carboxylic acids is 1. The smallest absolute Gasteiger partial charge is 0.262 e. The first-order chi connectivity index (χ1) is 13.2. The molecule has 4 rings (SSSR count). The average molecular weight is 390 g/mol. The van der Waals surface area contributed by atoms with Gasteiger partial charge in [0.25, 0.3) is 5.56 Å². The monoisotopic (exact) mass is 389 g/mol. The van der Waals surface area contributed by atoms with Crippen molar-refractivity contribution in [1.29, 1.82) is 0 Å². The highest BCUT2D eigenvalue weighted by atomic mass is 32.1. The zero-order valence-corrected chi connectivity index (χ0v) is 16.7. The van der Waals surface area contributed by atoms with Crippen LogP contribution in [-0.2, 0) is 28.9 Å². The van der Waals surface area contributed by atoms with Crippen molar-refractivity contribution in [2.24, 2.45) is 0 Å². The second kappa shape index (κ2) is 8.10. The molecule has 3 heterocycles. The SMILES string of the molecule is CCOC1CCCN(C(=O)CCn2cnc3sc4c(c3c2=O)CCCC4)C1. The van der Waals surface area contributed by atoms with Gasteiger partial charge in [-0.1, -0.05) is 0 Å². The molecule has 1 fully saturated rings. The summed E-state index contributed by atoms with van der Waals surface area (Å²) in [6, 6.07) is 0. The van der Waals surface area contributed by atoms with Crippen LogP contribution in [0.25, 0.3) is 10.2 Å². The van der Waals surface area contributed by atoms with Crippen LogP contribution in [0.2, 0.25) is 0 Å². The number of nitrogens with zero attached hydrogens (tertiary/aromatic N) is 3. The lowest BCUT2D eigenvalue weighted by atomic mass is 9.97. The molecule has 7 heteroatoms. The summed E-state index contributed by atoms with van der Waals surface area (Å²) in [6.45, 7) is 4.50. The first-order valence-corrected chi connectivity index (χ1v) is 10.9. The molecule has 1 amide bonds. The van der Waals surface area contributed by atoms with Crippen molar-refractivity contribution in [2.45, 2.75) is 64.5 Å². The van der Waals surface area contributed by atoms with Gasteiger partial charge in [0.1, 0.15) is 4.83 Å². The van der Waals surface area contributed by atoms with Crippen molar-refractivity contribution in [3.05, 3.63) is 27.1 Å². The first-order valence-electron chi connectivity index (χ1n) is 10.1. The molecule has 1 saturated heterocycles. The van der Waals surface area contributed by atoms with Crippen LogP contribution < -0.4 is 5.56 Å². The van der Waals surface area contributed by atoms with Gasteiger partial charge in [0.15, 0.2) is 0 Å². The number of thiophene rings is 1. The van der Waals surface area contributed by atoms with E-state index in [1.54, 1.807) is 22.2 Å². The molecule has 0 aromatic carbocycles. The Morgan fingerprint density at radius 1 is 1.33 bits per heavy atom. The van der Waals surface area contributed by atoms with Crippen LogP contribution in [0, 0.1) is 0 Å². The van der Waals surface area contributed by atoms with Crippen LogP contribution in [0.1, 0.15) is 49.5 Å².